The van der Waals surface area contributed by atoms with Crippen molar-refractivity contribution in [1.29, 1.82) is 0 Å². The van der Waals surface area contributed by atoms with Crippen LogP contribution in [-0.2, 0) is 16.1 Å². The Kier molecular flexibility index (Phi) is 6.85. The molecule has 0 radical (unpaired) electrons. The maximum Gasteiger partial charge on any atom is 0.306 e. The van der Waals surface area contributed by atoms with Gasteiger partial charge in [0.15, 0.2) is 5.82 Å². The molecule has 0 fully saturated rings. The van der Waals surface area contributed by atoms with E-state index in [1.54, 1.807) is 13.0 Å². The van der Waals surface area contributed by atoms with Gasteiger partial charge < -0.3 is 4.74 Å². The lowest BCUT2D eigenvalue weighted by molar-refractivity contribution is -0.142. The van der Waals surface area contributed by atoms with E-state index in [1.165, 1.54) is 11.8 Å². The van der Waals surface area contributed by atoms with Crippen LogP contribution in [0.5, 0.6) is 0 Å². The van der Waals surface area contributed by atoms with Crippen molar-refractivity contribution in [3.05, 3.63) is 41.4 Å². The van der Waals surface area contributed by atoms with Crippen LogP contribution in [0.25, 0.3) is 11.4 Å². The Hall–Kier alpha value is -1.60. The maximum absolute atomic E-state index is 11.4. The molecule has 0 atom stereocenters. The number of halogens is 1. The second-order valence-electron chi connectivity index (χ2n) is 4.60. The van der Waals surface area contributed by atoms with E-state index in [0.717, 1.165) is 15.9 Å². The predicted octanol–water partition coefficient (Wildman–Crippen LogP) is 3.94. The summed E-state index contributed by atoms with van der Waals surface area (Å²) < 4.78 is 7.73. The SMILES string of the molecule is C=CCn1nc(SCCC(=O)OCC)nc1-c1ccc(Br)cc1. The molecular weight excluding hydrogens is 378 g/mol. The summed E-state index contributed by atoms with van der Waals surface area (Å²) in [6, 6.07) is 7.91. The molecule has 0 bridgehead atoms. The summed E-state index contributed by atoms with van der Waals surface area (Å²) >= 11 is 4.87. The number of carbonyl (C=O) groups excluding carboxylic acids is 1. The van der Waals surface area contributed by atoms with Crippen LogP contribution >= 0.6 is 27.7 Å². The Morgan fingerprint density at radius 2 is 2.17 bits per heavy atom. The first-order valence-electron chi connectivity index (χ1n) is 7.24. The van der Waals surface area contributed by atoms with Crippen molar-refractivity contribution in [2.45, 2.75) is 25.0 Å². The molecule has 0 unspecified atom stereocenters. The molecule has 2 aromatic rings. The minimum absolute atomic E-state index is 0.196. The fraction of sp³-hybridized carbons (Fsp3) is 0.312. The third-order valence-corrected chi connectivity index (χ3v) is 4.27. The predicted molar refractivity (Wildman–Crippen MR) is 95.3 cm³/mol. The monoisotopic (exact) mass is 395 g/mol. The summed E-state index contributed by atoms with van der Waals surface area (Å²) in [5, 5.41) is 5.12. The molecule has 0 spiro atoms. The van der Waals surface area contributed by atoms with E-state index in [-0.39, 0.29) is 5.97 Å². The molecule has 23 heavy (non-hydrogen) atoms. The molecule has 1 aromatic carbocycles. The number of esters is 1. The Morgan fingerprint density at radius 3 is 2.83 bits per heavy atom. The summed E-state index contributed by atoms with van der Waals surface area (Å²) in [6.07, 6.45) is 2.13. The van der Waals surface area contributed by atoms with E-state index in [2.05, 4.69) is 32.6 Å². The van der Waals surface area contributed by atoms with Crippen molar-refractivity contribution in [3.63, 3.8) is 0 Å². The lowest BCUT2D eigenvalue weighted by Crippen LogP contribution is -2.04. The Bertz CT molecular complexity index is 670. The van der Waals surface area contributed by atoms with Gasteiger partial charge in [0.2, 0.25) is 5.16 Å². The van der Waals surface area contributed by atoms with E-state index < -0.39 is 0 Å². The van der Waals surface area contributed by atoms with Gasteiger partial charge in [-0.1, -0.05) is 45.9 Å². The number of rotatable bonds is 8. The number of carbonyl (C=O) groups is 1. The van der Waals surface area contributed by atoms with Crippen LogP contribution in [0.15, 0.2) is 46.5 Å². The minimum atomic E-state index is -0.196. The average molecular weight is 396 g/mol. The van der Waals surface area contributed by atoms with Gasteiger partial charge in [0.05, 0.1) is 19.6 Å². The largest absolute Gasteiger partial charge is 0.466 e. The van der Waals surface area contributed by atoms with Crippen molar-refractivity contribution >= 4 is 33.7 Å². The fourth-order valence-corrected chi connectivity index (χ4v) is 2.93. The van der Waals surface area contributed by atoms with Crippen LogP contribution in [-0.4, -0.2) is 33.1 Å². The summed E-state index contributed by atoms with van der Waals surface area (Å²) in [5.74, 6) is 1.19. The molecule has 1 aromatic heterocycles. The van der Waals surface area contributed by atoms with Gasteiger partial charge in [-0.2, -0.15) is 0 Å². The van der Waals surface area contributed by atoms with Crippen LogP contribution in [0, 0.1) is 0 Å². The Balaban J connectivity index is 2.10. The molecule has 2 rings (SSSR count). The van der Waals surface area contributed by atoms with E-state index in [9.17, 15) is 4.79 Å². The molecule has 5 nitrogen and oxygen atoms in total. The average Bonchev–Trinajstić information content (AvgIpc) is 2.92. The zero-order valence-corrected chi connectivity index (χ0v) is 15.3. The first-order chi connectivity index (χ1) is 11.1. The number of aromatic nitrogens is 3. The molecule has 0 N–H and O–H groups in total. The highest BCUT2D eigenvalue weighted by Crippen LogP contribution is 2.24. The Morgan fingerprint density at radius 1 is 1.43 bits per heavy atom. The molecule has 1 heterocycles. The lowest BCUT2D eigenvalue weighted by Gasteiger charge is -2.02. The fourth-order valence-electron chi connectivity index (χ4n) is 1.90. The van der Waals surface area contributed by atoms with Gasteiger partial charge in [-0.05, 0) is 19.1 Å². The molecule has 0 aliphatic rings. The van der Waals surface area contributed by atoms with Crippen LogP contribution in [0.4, 0.5) is 0 Å². The van der Waals surface area contributed by atoms with Crippen molar-refractivity contribution < 1.29 is 9.53 Å². The highest BCUT2D eigenvalue weighted by atomic mass is 79.9. The first kappa shape index (κ1) is 17.7. The quantitative estimate of drug-likeness (QED) is 0.384. The Labute approximate surface area is 148 Å². The van der Waals surface area contributed by atoms with Gasteiger partial charge in [0.1, 0.15) is 0 Å². The van der Waals surface area contributed by atoms with Crippen LogP contribution in [0.2, 0.25) is 0 Å². The summed E-state index contributed by atoms with van der Waals surface area (Å²) in [4.78, 5) is 15.9. The van der Waals surface area contributed by atoms with E-state index in [1.807, 2.05) is 28.9 Å². The summed E-state index contributed by atoms with van der Waals surface area (Å²) in [7, 11) is 0. The molecular formula is C16H18BrN3O2S. The van der Waals surface area contributed by atoms with Crippen LogP contribution < -0.4 is 0 Å². The highest BCUT2D eigenvalue weighted by Gasteiger charge is 2.12. The van der Waals surface area contributed by atoms with E-state index in [0.29, 0.717) is 30.5 Å². The van der Waals surface area contributed by atoms with Crippen LogP contribution in [0.3, 0.4) is 0 Å². The summed E-state index contributed by atoms with van der Waals surface area (Å²) in [6.45, 7) is 6.54. The number of hydrogen-bond acceptors (Lipinski definition) is 5. The topological polar surface area (TPSA) is 57.0 Å². The van der Waals surface area contributed by atoms with E-state index in [4.69, 9.17) is 4.74 Å². The van der Waals surface area contributed by atoms with E-state index >= 15 is 0 Å². The number of allylic oxidation sites excluding steroid dienone is 1. The molecule has 7 heteroatoms. The van der Waals surface area contributed by atoms with Crippen molar-refractivity contribution in [3.8, 4) is 11.4 Å². The molecule has 0 saturated heterocycles. The van der Waals surface area contributed by atoms with Gasteiger partial charge in [0.25, 0.3) is 0 Å². The third kappa shape index (κ3) is 5.21. The molecule has 0 amide bonds. The summed E-state index contributed by atoms with van der Waals surface area (Å²) in [5.41, 5.74) is 0.986. The zero-order chi connectivity index (χ0) is 16.7. The first-order valence-corrected chi connectivity index (χ1v) is 9.02. The number of benzene rings is 1. The number of nitrogens with zero attached hydrogens (tertiary/aromatic N) is 3. The number of ether oxygens (including phenoxy) is 1. The number of thioether (sulfide) groups is 1. The third-order valence-electron chi connectivity index (χ3n) is 2.90. The second kappa shape index (κ2) is 8.88. The normalized spacial score (nSPS) is 10.5. The molecule has 0 aliphatic heterocycles. The van der Waals surface area contributed by atoms with Crippen molar-refractivity contribution in [1.82, 2.24) is 14.8 Å². The van der Waals surface area contributed by atoms with Gasteiger partial charge >= 0.3 is 5.97 Å². The van der Waals surface area contributed by atoms with Gasteiger partial charge in [-0.15, -0.1) is 11.7 Å². The lowest BCUT2D eigenvalue weighted by atomic mass is 10.2. The number of hydrogen-bond donors (Lipinski definition) is 0. The highest BCUT2D eigenvalue weighted by molar-refractivity contribution is 9.10. The molecule has 0 aliphatic carbocycles. The molecule has 0 saturated carbocycles. The van der Waals surface area contributed by atoms with Crippen molar-refractivity contribution in [2.24, 2.45) is 0 Å². The standard InChI is InChI=1S/C16H18BrN3O2S/c1-3-10-20-15(12-5-7-13(17)8-6-12)18-16(19-20)23-11-9-14(21)22-4-2/h3,5-8H,1,4,9-11H2,2H3. The maximum atomic E-state index is 11.4. The molecule has 122 valence electrons. The minimum Gasteiger partial charge on any atom is -0.466 e. The van der Waals surface area contributed by atoms with Gasteiger partial charge in [-0.3, -0.25) is 4.79 Å². The van der Waals surface area contributed by atoms with Gasteiger partial charge in [-0.25, -0.2) is 9.67 Å². The van der Waals surface area contributed by atoms with Crippen LogP contribution in [0.1, 0.15) is 13.3 Å². The second-order valence-corrected chi connectivity index (χ2v) is 6.58. The smallest absolute Gasteiger partial charge is 0.306 e. The van der Waals surface area contributed by atoms with Crippen molar-refractivity contribution in [2.75, 3.05) is 12.4 Å². The van der Waals surface area contributed by atoms with Gasteiger partial charge in [0, 0.05) is 15.8 Å². The zero-order valence-electron chi connectivity index (χ0n) is 12.9.